The Morgan fingerprint density at radius 2 is 2.15 bits per heavy atom. The van der Waals surface area contributed by atoms with Gasteiger partial charge in [-0.2, -0.15) is 0 Å². The summed E-state index contributed by atoms with van der Waals surface area (Å²) in [4.78, 5) is 18.5. The van der Waals surface area contributed by atoms with Crippen LogP contribution in [-0.2, 0) is 0 Å². The van der Waals surface area contributed by atoms with Crippen molar-refractivity contribution in [3.05, 3.63) is 22.6 Å². The summed E-state index contributed by atoms with van der Waals surface area (Å²) in [5.74, 6) is 0.722. The molecule has 3 atom stereocenters. The first-order valence-corrected chi connectivity index (χ1v) is 8.17. The van der Waals surface area contributed by atoms with E-state index in [9.17, 15) is 4.79 Å². The van der Waals surface area contributed by atoms with Crippen LogP contribution in [0.4, 0.5) is 0 Å². The lowest BCUT2D eigenvalue weighted by Crippen LogP contribution is -2.43. The molecule has 2 rings (SSSR count). The number of nitrogens with one attached hydrogen (secondary N) is 2. The van der Waals surface area contributed by atoms with Gasteiger partial charge in [-0.1, -0.05) is 32.5 Å². The van der Waals surface area contributed by atoms with Gasteiger partial charge in [-0.3, -0.25) is 4.79 Å². The molecule has 0 aromatic carbocycles. The van der Waals surface area contributed by atoms with Crippen molar-refractivity contribution in [3.8, 4) is 0 Å². The fourth-order valence-corrected chi connectivity index (χ4v) is 4.26. The van der Waals surface area contributed by atoms with Crippen LogP contribution in [0.15, 0.2) is 22.2 Å². The van der Waals surface area contributed by atoms with Gasteiger partial charge in [-0.25, -0.2) is 4.98 Å². The fourth-order valence-electron chi connectivity index (χ4n) is 2.93. The normalized spacial score (nSPS) is 27.5. The molecule has 1 aromatic heterocycles. The summed E-state index contributed by atoms with van der Waals surface area (Å²) >= 11 is 1.70. The van der Waals surface area contributed by atoms with E-state index in [0.29, 0.717) is 16.7 Å². The number of rotatable bonds is 3. The number of aromatic nitrogens is 2. The summed E-state index contributed by atoms with van der Waals surface area (Å²) in [5.41, 5.74) is 0.265. The van der Waals surface area contributed by atoms with Crippen LogP contribution in [0.3, 0.4) is 0 Å². The maximum atomic E-state index is 11.4. The third kappa shape index (κ3) is 3.85. The second-order valence-corrected chi connectivity index (χ2v) is 7.89. The highest BCUT2D eigenvalue weighted by atomic mass is 32.2. The highest BCUT2D eigenvalue weighted by Gasteiger charge is 2.36. The smallest absolute Gasteiger partial charge is 0.251 e. The summed E-state index contributed by atoms with van der Waals surface area (Å²) in [7, 11) is 2.02. The second kappa shape index (κ2) is 6.31. The zero-order valence-corrected chi connectivity index (χ0v) is 13.6. The minimum Gasteiger partial charge on any atom is -0.316 e. The van der Waals surface area contributed by atoms with Gasteiger partial charge in [0, 0.05) is 23.6 Å². The summed E-state index contributed by atoms with van der Waals surface area (Å²) in [6, 6.07) is 1.95. The van der Waals surface area contributed by atoms with Gasteiger partial charge in [-0.15, -0.1) is 0 Å². The Balaban J connectivity index is 2.11. The van der Waals surface area contributed by atoms with Crippen molar-refractivity contribution in [1.82, 2.24) is 15.3 Å². The first-order valence-electron chi connectivity index (χ1n) is 7.29. The van der Waals surface area contributed by atoms with E-state index < -0.39 is 0 Å². The van der Waals surface area contributed by atoms with Gasteiger partial charge in [0.25, 0.3) is 5.56 Å². The van der Waals surface area contributed by atoms with Gasteiger partial charge in [0.2, 0.25) is 0 Å². The molecule has 1 aromatic rings. The van der Waals surface area contributed by atoms with Crippen LogP contribution in [-0.4, -0.2) is 28.3 Å². The van der Waals surface area contributed by atoms with E-state index in [-0.39, 0.29) is 5.56 Å². The molecule has 1 fully saturated rings. The van der Waals surface area contributed by atoms with Crippen LogP contribution in [0.25, 0.3) is 0 Å². The lowest BCUT2D eigenvalue weighted by Gasteiger charge is -2.41. The topological polar surface area (TPSA) is 57.8 Å². The van der Waals surface area contributed by atoms with Crippen LogP contribution in [0.2, 0.25) is 0 Å². The quantitative estimate of drug-likeness (QED) is 0.842. The standard InChI is InChI=1S/C15H25N3OS/c1-15(2,3)10-5-6-11(16-4)12(9-10)20-14-17-8-7-13(19)18-14/h7-8,10-12,16H,5-6,9H2,1-4H3,(H,17,18,19). The molecule has 0 bridgehead atoms. The van der Waals surface area contributed by atoms with Crippen LogP contribution in [0.1, 0.15) is 40.0 Å². The highest BCUT2D eigenvalue weighted by molar-refractivity contribution is 7.99. The maximum absolute atomic E-state index is 11.4. The molecule has 4 nitrogen and oxygen atoms in total. The van der Waals surface area contributed by atoms with E-state index in [1.165, 1.54) is 18.9 Å². The van der Waals surface area contributed by atoms with E-state index in [1.807, 2.05) is 7.05 Å². The number of nitrogens with zero attached hydrogens (tertiary/aromatic N) is 1. The molecule has 1 aliphatic rings. The summed E-state index contributed by atoms with van der Waals surface area (Å²) in [6.07, 6.45) is 5.20. The van der Waals surface area contributed by atoms with Gasteiger partial charge in [0.05, 0.1) is 0 Å². The Morgan fingerprint density at radius 3 is 2.75 bits per heavy atom. The van der Waals surface area contributed by atoms with Crippen molar-refractivity contribution in [1.29, 1.82) is 0 Å². The zero-order chi connectivity index (χ0) is 14.8. The Kier molecular flexibility index (Phi) is 4.91. The molecule has 0 amide bonds. The summed E-state index contributed by atoms with van der Waals surface area (Å²) in [5, 5.41) is 4.62. The van der Waals surface area contributed by atoms with E-state index in [4.69, 9.17) is 0 Å². The van der Waals surface area contributed by atoms with Gasteiger partial charge < -0.3 is 10.3 Å². The molecule has 2 N–H and O–H groups in total. The predicted octanol–water partition coefficient (Wildman–Crippen LogP) is 2.66. The van der Waals surface area contributed by atoms with Gasteiger partial charge >= 0.3 is 0 Å². The third-order valence-electron chi connectivity index (χ3n) is 4.30. The molecule has 112 valence electrons. The lowest BCUT2D eigenvalue weighted by molar-refractivity contribution is 0.167. The van der Waals surface area contributed by atoms with E-state index in [0.717, 1.165) is 17.5 Å². The number of thioether (sulfide) groups is 1. The number of hydrogen-bond donors (Lipinski definition) is 2. The van der Waals surface area contributed by atoms with Crippen molar-refractivity contribution in [3.63, 3.8) is 0 Å². The molecule has 0 saturated heterocycles. The molecular weight excluding hydrogens is 270 g/mol. The third-order valence-corrected chi connectivity index (χ3v) is 5.55. The molecular formula is C15H25N3OS. The first kappa shape index (κ1) is 15.6. The zero-order valence-electron chi connectivity index (χ0n) is 12.8. The van der Waals surface area contributed by atoms with Crippen LogP contribution < -0.4 is 10.9 Å². The fraction of sp³-hybridized carbons (Fsp3) is 0.733. The van der Waals surface area contributed by atoms with E-state index in [1.54, 1.807) is 18.0 Å². The minimum atomic E-state index is -0.0771. The minimum absolute atomic E-state index is 0.0771. The van der Waals surface area contributed by atoms with Gasteiger partial charge in [-0.05, 0) is 37.6 Å². The highest BCUT2D eigenvalue weighted by Crippen LogP contribution is 2.42. The summed E-state index contributed by atoms with van der Waals surface area (Å²) in [6.45, 7) is 6.96. The predicted molar refractivity (Wildman–Crippen MR) is 84.1 cm³/mol. The molecule has 0 aliphatic heterocycles. The average molecular weight is 295 g/mol. The van der Waals surface area contributed by atoms with Crippen molar-refractivity contribution in [2.24, 2.45) is 11.3 Å². The van der Waals surface area contributed by atoms with Crippen molar-refractivity contribution >= 4 is 11.8 Å². The van der Waals surface area contributed by atoms with Gasteiger partial charge in [0.1, 0.15) is 0 Å². The lowest BCUT2D eigenvalue weighted by atomic mass is 9.71. The van der Waals surface area contributed by atoms with E-state index >= 15 is 0 Å². The Bertz CT molecular complexity index is 494. The molecule has 1 heterocycles. The van der Waals surface area contributed by atoms with Crippen molar-refractivity contribution in [2.75, 3.05) is 7.05 Å². The number of hydrogen-bond acceptors (Lipinski definition) is 4. The molecule has 1 saturated carbocycles. The monoisotopic (exact) mass is 295 g/mol. The SMILES string of the molecule is CNC1CCC(C(C)(C)C)CC1Sc1nccc(=O)[nH]1. The van der Waals surface area contributed by atoms with Crippen LogP contribution >= 0.6 is 11.8 Å². The number of aromatic amines is 1. The second-order valence-electron chi connectivity index (χ2n) is 6.67. The molecule has 0 radical (unpaired) electrons. The van der Waals surface area contributed by atoms with E-state index in [2.05, 4.69) is 36.1 Å². The molecule has 20 heavy (non-hydrogen) atoms. The maximum Gasteiger partial charge on any atom is 0.251 e. The van der Waals surface area contributed by atoms with Crippen molar-refractivity contribution in [2.45, 2.75) is 56.5 Å². The molecule has 3 unspecified atom stereocenters. The Morgan fingerprint density at radius 1 is 1.40 bits per heavy atom. The van der Waals surface area contributed by atoms with Gasteiger partial charge in [0.15, 0.2) is 5.16 Å². The van der Waals surface area contributed by atoms with Crippen molar-refractivity contribution < 1.29 is 0 Å². The first-order chi connectivity index (χ1) is 9.40. The van der Waals surface area contributed by atoms with Crippen LogP contribution in [0.5, 0.6) is 0 Å². The molecule has 0 spiro atoms. The Hall–Kier alpha value is -0.810. The number of H-pyrrole nitrogens is 1. The Labute approximate surface area is 125 Å². The largest absolute Gasteiger partial charge is 0.316 e. The summed E-state index contributed by atoms with van der Waals surface area (Å²) < 4.78 is 0. The van der Waals surface area contributed by atoms with Crippen LogP contribution in [0, 0.1) is 11.3 Å². The molecule has 1 aliphatic carbocycles. The molecule has 5 heteroatoms. The average Bonchev–Trinajstić information content (AvgIpc) is 2.37.